The minimum absolute atomic E-state index is 0.171. The van der Waals surface area contributed by atoms with E-state index in [2.05, 4.69) is 26.3 Å². The highest BCUT2D eigenvalue weighted by Crippen LogP contribution is 2.43. The third-order valence-corrected chi connectivity index (χ3v) is 5.63. The fraction of sp³-hybridized carbons (Fsp3) is 0.533. The molecule has 2 aliphatic heterocycles. The van der Waals surface area contributed by atoms with Crippen molar-refractivity contribution in [2.45, 2.75) is 44.2 Å². The number of aromatic nitrogens is 2. The molecular formula is C15H18N4OS. The molecule has 0 aromatic carbocycles. The SMILES string of the molecule is NC(=O)CC1C[C@@H]2CC[C@@H](C1)N2c1ncnc2sccc12. The fourth-order valence-corrected chi connectivity index (χ4v) is 4.80. The summed E-state index contributed by atoms with van der Waals surface area (Å²) in [5.41, 5.74) is 5.37. The molecule has 0 unspecified atom stereocenters. The fourth-order valence-electron chi connectivity index (χ4n) is 4.07. The molecule has 6 heteroatoms. The molecule has 1 amide bonds. The highest BCUT2D eigenvalue weighted by Gasteiger charge is 2.42. The predicted molar refractivity (Wildman–Crippen MR) is 83.2 cm³/mol. The van der Waals surface area contributed by atoms with Crippen molar-refractivity contribution in [2.75, 3.05) is 4.90 Å². The molecule has 2 aromatic heterocycles. The Morgan fingerprint density at radius 3 is 2.81 bits per heavy atom. The minimum Gasteiger partial charge on any atom is -0.370 e. The molecule has 2 aromatic rings. The molecule has 21 heavy (non-hydrogen) atoms. The number of hydrogen-bond acceptors (Lipinski definition) is 5. The van der Waals surface area contributed by atoms with Gasteiger partial charge in [-0.3, -0.25) is 4.79 Å². The van der Waals surface area contributed by atoms with E-state index in [4.69, 9.17) is 5.73 Å². The molecule has 2 bridgehead atoms. The molecule has 2 saturated heterocycles. The average molecular weight is 302 g/mol. The van der Waals surface area contributed by atoms with Gasteiger partial charge in [-0.15, -0.1) is 11.3 Å². The quantitative estimate of drug-likeness (QED) is 0.944. The van der Waals surface area contributed by atoms with Gasteiger partial charge >= 0.3 is 0 Å². The van der Waals surface area contributed by atoms with Gasteiger partial charge in [0.05, 0.1) is 5.39 Å². The van der Waals surface area contributed by atoms with Crippen molar-refractivity contribution in [1.29, 1.82) is 0 Å². The molecule has 2 N–H and O–H groups in total. The Morgan fingerprint density at radius 1 is 1.33 bits per heavy atom. The molecule has 0 spiro atoms. The van der Waals surface area contributed by atoms with Crippen molar-refractivity contribution < 1.29 is 4.79 Å². The van der Waals surface area contributed by atoms with Crippen molar-refractivity contribution >= 4 is 33.3 Å². The lowest BCUT2D eigenvalue weighted by molar-refractivity contribution is -0.119. The summed E-state index contributed by atoms with van der Waals surface area (Å²) in [5, 5.41) is 3.23. The standard InChI is InChI=1S/C15H18N4OS/c16-13(20)7-9-5-10-1-2-11(6-9)19(10)14-12-3-4-21-15(12)18-8-17-14/h3-4,8-11H,1-2,5-7H2,(H2,16,20)/t10-,11-/m0/s1. The third kappa shape index (κ3) is 2.18. The molecular weight excluding hydrogens is 284 g/mol. The van der Waals surface area contributed by atoms with Gasteiger partial charge in [-0.05, 0) is 43.0 Å². The minimum atomic E-state index is -0.171. The van der Waals surface area contributed by atoms with Crippen LogP contribution in [0.3, 0.4) is 0 Å². The summed E-state index contributed by atoms with van der Waals surface area (Å²) < 4.78 is 0. The highest BCUT2D eigenvalue weighted by molar-refractivity contribution is 7.16. The van der Waals surface area contributed by atoms with Crippen molar-refractivity contribution in [3.8, 4) is 0 Å². The summed E-state index contributed by atoms with van der Waals surface area (Å²) in [7, 11) is 0. The van der Waals surface area contributed by atoms with Crippen LogP contribution >= 0.6 is 11.3 Å². The summed E-state index contributed by atoms with van der Waals surface area (Å²) in [6.45, 7) is 0. The van der Waals surface area contributed by atoms with Crippen LogP contribution in [0.15, 0.2) is 17.8 Å². The Bertz CT molecular complexity index is 671. The van der Waals surface area contributed by atoms with Gasteiger partial charge in [-0.25, -0.2) is 9.97 Å². The van der Waals surface area contributed by atoms with Crippen molar-refractivity contribution in [1.82, 2.24) is 9.97 Å². The second-order valence-corrected chi connectivity index (χ2v) is 7.03. The van der Waals surface area contributed by atoms with Gasteiger partial charge < -0.3 is 10.6 Å². The first-order valence-corrected chi connectivity index (χ1v) is 8.35. The number of primary amides is 1. The first-order valence-electron chi connectivity index (χ1n) is 7.47. The van der Waals surface area contributed by atoms with E-state index in [0.717, 1.165) is 28.9 Å². The molecule has 110 valence electrons. The Labute approximate surface area is 127 Å². The van der Waals surface area contributed by atoms with Gasteiger partial charge in [0.25, 0.3) is 0 Å². The molecule has 2 aliphatic rings. The lowest BCUT2D eigenvalue weighted by atomic mass is 9.88. The lowest BCUT2D eigenvalue weighted by Gasteiger charge is -2.39. The van der Waals surface area contributed by atoms with Crippen LogP contribution < -0.4 is 10.6 Å². The van der Waals surface area contributed by atoms with E-state index < -0.39 is 0 Å². The Morgan fingerprint density at radius 2 is 2.10 bits per heavy atom. The van der Waals surface area contributed by atoms with Crippen LogP contribution in [-0.4, -0.2) is 28.0 Å². The van der Waals surface area contributed by atoms with E-state index in [1.807, 2.05) is 0 Å². The monoisotopic (exact) mass is 302 g/mol. The maximum atomic E-state index is 11.2. The number of nitrogens with zero attached hydrogens (tertiary/aromatic N) is 3. The van der Waals surface area contributed by atoms with Gasteiger partial charge in [-0.1, -0.05) is 0 Å². The van der Waals surface area contributed by atoms with E-state index >= 15 is 0 Å². The molecule has 5 nitrogen and oxygen atoms in total. The second kappa shape index (κ2) is 4.94. The smallest absolute Gasteiger partial charge is 0.217 e. The van der Waals surface area contributed by atoms with Gasteiger partial charge in [0.2, 0.25) is 5.91 Å². The van der Waals surface area contributed by atoms with Crippen LogP contribution in [0.25, 0.3) is 10.2 Å². The summed E-state index contributed by atoms with van der Waals surface area (Å²) in [6.07, 6.45) is 6.68. The largest absolute Gasteiger partial charge is 0.370 e. The number of carbonyl (C=O) groups is 1. The number of amides is 1. The van der Waals surface area contributed by atoms with Crippen LogP contribution in [0, 0.1) is 5.92 Å². The van der Waals surface area contributed by atoms with Crippen molar-refractivity contribution in [2.24, 2.45) is 11.7 Å². The molecule has 0 radical (unpaired) electrons. The van der Waals surface area contributed by atoms with Crippen LogP contribution in [0.2, 0.25) is 0 Å². The highest BCUT2D eigenvalue weighted by atomic mass is 32.1. The number of nitrogens with two attached hydrogens (primary N) is 1. The summed E-state index contributed by atoms with van der Waals surface area (Å²) in [6, 6.07) is 3.10. The molecule has 4 rings (SSSR count). The number of piperidine rings is 1. The van der Waals surface area contributed by atoms with Crippen molar-refractivity contribution in [3.05, 3.63) is 17.8 Å². The molecule has 2 atom stereocenters. The van der Waals surface area contributed by atoms with Crippen LogP contribution in [0.4, 0.5) is 5.82 Å². The van der Waals surface area contributed by atoms with E-state index in [-0.39, 0.29) is 5.91 Å². The number of rotatable bonds is 3. The van der Waals surface area contributed by atoms with E-state index in [1.54, 1.807) is 17.7 Å². The Hall–Kier alpha value is -1.69. The molecule has 0 saturated carbocycles. The summed E-state index contributed by atoms with van der Waals surface area (Å²) >= 11 is 1.66. The first kappa shape index (κ1) is 13.0. The summed E-state index contributed by atoms with van der Waals surface area (Å²) in [4.78, 5) is 23.6. The zero-order chi connectivity index (χ0) is 14.4. The van der Waals surface area contributed by atoms with Gasteiger partial charge in [0, 0.05) is 18.5 Å². The molecule has 4 heterocycles. The summed E-state index contributed by atoms with van der Waals surface area (Å²) in [5.74, 6) is 1.34. The van der Waals surface area contributed by atoms with E-state index in [1.165, 1.54) is 12.8 Å². The van der Waals surface area contributed by atoms with E-state index in [9.17, 15) is 4.79 Å². The third-order valence-electron chi connectivity index (χ3n) is 4.81. The Balaban J connectivity index is 1.65. The van der Waals surface area contributed by atoms with Crippen molar-refractivity contribution in [3.63, 3.8) is 0 Å². The predicted octanol–water partition coefficient (Wildman–Crippen LogP) is 2.31. The molecule has 0 aliphatic carbocycles. The number of fused-ring (bicyclic) bond motifs is 3. The van der Waals surface area contributed by atoms with Crippen LogP contribution in [0.1, 0.15) is 32.1 Å². The number of anilines is 1. The average Bonchev–Trinajstić information content (AvgIpc) is 3.01. The van der Waals surface area contributed by atoms with Gasteiger partial charge in [-0.2, -0.15) is 0 Å². The van der Waals surface area contributed by atoms with Crippen LogP contribution in [-0.2, 0) is 4.79 Å². The zero-order valence-electron chi connectivity index (χ0n) is 11.7. The zero-order valence-corrected chi connectivity index (χ0v) is 12.6. The number of carbonyl (C=O) groups excluding carboxylic acids is 1. The van der Waals surface area contributed by atoms with Crippen LogP contribution in [0.5, 0.6) is 0 Å². The second-order valence-electron chi connectivity index (χ2n) is 6.14. The Kier molecular flexibility index (Phi) is 3.06. The number of thiophene rings is 1. The molecule has 2 fully saturated rings. The maximum Gasteiger partial charge on any atom is 0.217 e. The van der Waals surface area contributed by atoms with Gasteiger partial charge in [0.1, 0.15) is 17.0 Å². The van der Waals surface area contributed by atoms with Gasteiger partial charge in [0.15, 0.2) is 0 Å². The number of hydrogen-bond donors (Lipinski definition) is 1. The topological polar surface area (TPSA) is 72.1 Å². The van der Waals surface area contributed by atoms with E-state index in [0.29, 0.717) is 24.4 Å². The maximum absolute atomic E-state index is 11.2. The lowest BCUT2D eigenvalue weighted by Crippen LogP contribution is -2.44. The first-order chi connectivity index (χ1) is 10.2. The normalized spacial score (nSPS) is 28.2.